The van der Waals surface area contributed by atoms with Crippen LogP contribution in [0.2, 0.25) is 0 Å². The van der Waals surface area contributed by atoms with Gasteiger partial charge in [0, 0.05) is 42.3 Å². The van der Waals surface area contributed by atoms with E-state index in [2.05, 4.69) is 31.1 Å². The number of amides is 2. The fourth-order valence-electron chi connectivity index (χ4n) is 4.21. The predicted octanol–water partition coefficient (Wildman–Crippen LogP) is 4.03. The van der Waals surface area contributed by atoms with Crippen molar-refractivity contribution in [3.05, 3.63) is 51.8 Å². The van der Waals surface area contributed by atoms with Crippen molar-refractivity contribution in [1.82, 2.24) is 9.88 Å². The van der Waals surface area contributed by atoms with Gasteiger partial charge < -0.3 is 15.2 Å². The Morgan fingerprint density at radius 1 is 1.25 bits per heavy atom. The summed E-state index contributed by atoms with van der Waals surface area (Å²) in [5.41, 5.74) is 7.91. The molecule has 2 amide bonds. The summed E-state index contributed by atoms with van der Waals surface area (Å²) < 4.78 is 0. The van der Waals surface area contributed by atoms with Gasteiger partial charge in [-0.05, 0) is 67.0 Å². The number of carbonyl (C=O) groups excluding carboxylic acids is 2. The molecule has 4 rings (SSSR count). The zero-order valence-electron chi connectivity index (χ0n) is 17.2. The number of benzene rings is 1. The van der Waals surface area contributed by atoms with Crippen LogP contribution in [0.5, 0.6) is 0 Å². The standard InChI is InChI=1S/C23H27N3O2/c1-13-17-12-23(2,3)9-8-19(17)24-20(13)11-16-15-10-14(22(28)26(4)5)6-7-18(15)25-21(16)27/h6-7,10-11,24H,8-9,12H2,1-5H3,(H,25,27). The molecule has 146 valence electrons. The molecule has 0 unspecified atom stereocenters. The minimum atomic E-state index is -0.128. The van der Waals surface area contributed by atoms with E-state index < -0.39 is 0 Å². The lowest BCUT2D eigenvalue weighted by Crippen LogP contribution is -2.21. The molecule has 0 spiro atoms. The lowest BCUT2D eigenvalue weighted by molar-refractivity contribution is -0.110. The van der Waals surface area contributed by atoms with Gasteiger partial charge in [-0.2, -0.15) is 0 Å². The van der Waals surface area contributed by atoms with Gasteiger partial charge in [0.1, 0.15) is 0 Å². The second kappa shape index (κ2) is 6.36. The molecule has 1 aromatic carbocycles. The SMILES string of the molecule is Cc1c(C=C2C(=O)Nc3ccc(C(=O)N(C)C)cc32)[nH]c2c1CC(C)(C)CC2. The van der Waals surface area contributed by atoms with Gasteiger partial charge in [-0.3, -0.25) is 9.59 Å². The number of aromatic amines is 1. The first-order chi connectivity index (χ1) is 13.2. The zero-order chi connectivity index (χ0) is 20.2. The first-order valence-corrected chi connectivity index (χ1v) is 9.76. The number of nitrogens with zero attached hydrogens (tertiary/aromatic N) is 1. The fourth-order valence-corrected chi connectivity index (χ4v) is 4.21. The molecule has 1 aliphatic carbocycles. The van der Waals surface area contributed by atoms with E-state index in [-0.39, 0.29) is 11.8 Å². The molecule has 1 aliphatic heterocycles. The Kier molecular flexibility index (Phi) is 4.21. The average Bonchev–Trinajstić information content (AvgIpc) is 3.10. The van der Waals surface area contributed by atoms with Crippen molar-refractivity contribution >= 4 is 29.2 Å². The van der Waals surface area contributed by atoms with E-state index in [1.807, 2.05) is 12.1 Å². The zero-order valence-corrected chi connectivity index (χ0v) is 17.2. The lowest BCUT2D eigenvalue weighted by atomic mass is 9.76. The van der Waals surface area contributed by atoms with Crippen molar-refractivity contribution in [2.75, 3.05) is 19.4 Å². The number of H-pyrrole nitrogens is 1. The number of nitrogens with one attached hydrogen (secondary N) is 2. The van der Waals surface area contributed by atoms with Crippen LogP contribution in [0, 0.1) is 12.3 Å². The van der Waals surface area contributed by atoms with Gasteiger partial charge in [-0.15, -0.1) is 0 Å². The molecule has 1 aromatic heterocycles. The van der Waals surface area contributed by atoms with E-state index >= 15 is 0 Å². The van der Waals surface area contributed by atoms with Crippen LogP contribution in [0.4, 0.5) is 5.69 Å². The minimum absolute atomic E-state index is 0.0738. The van der Waals surface area contributed by atoms with Gasteiger partial charge >= 0.3 is 0 Å². The van der Waals surface area contributed by atoms with Crippen LogP contribution in [-0.2, 0) is 17.6 Å². The summed E-state index contributed by atoms with van der Waals surface area (Å²) >= 11 is 0. The first-order valence-electron chi connectivity index (χ1n) is 9.76. The summed E-state index contributed by atoms with van der Waals surface area (Å²) in [7, 11) is 3.45. The number of carbonyl (C=O) groups is 2. The van der Waals surface area contributed by atoms with Crippen molar-refractivity contribution in [3.63, 3.8) is 0 Å². The summed E-state index contributed by atoms with van der Waals surface area (Å²) in [6, 6.07) is 5.37. The third kappa shape index (κ3) is 3.05. The molecule has 2 heterocycles. The summed E-state index contributed by atoms with van der Waals surface area (Å²) in [4.78, 5) is 30.0. The minimum Gasteiger partial charge on any atom is -0.358 e. The van der Waals surface area contributed by atoms with Gasteiger partial charge in [0.25, 0.3) is 11.8 Å². The highest BCUT2D eigenvalue weighted by atomic mass is 16.2. The van der Waals surface area contributed by atoms with E-state index in [1.165, 1.54) is 16.8 Å². The molecule has 2 aromatic rings. The number of hydrogen-bond donors (Lipinski definition) is 2. The Morgan fingerprint density at radius 3 is 2.71 bits per heavy atom. The maximum Gasteiger partial charge on any atom is 0.256 e. The van der Waals surface area contributed by atoms with E-state index in [0.717, 1.165) is 36.2 Å². The van der Waals surface area contributed by atoms with Crippen LogP contribution in [-0.4, -0.2) is 35.8 Å². The van der Waals surface area contributed by atoms with Gasteiger partial charge in [-0.1, -0.05) is 13.8 Å². The van der Waals surface area contributed by atoms with E-state index in [0.29, 0.717) is 16.6 Å². The van der Waals surface area contributed by atoms with Crippen LogP contribution in [0.1, 0.15) is 58.7 Å². The second-order valence-electron chi connectivity index (χ2n) is 8.93. The summed E-state index contributed by atoms with van der Waals surface area (Å²) in [5, 5.41) is 2.91. The number of aromatic nitrogens is 1. The Hall–Kier alpha value is -2.82. The second-order valence-corrected chi connectivity index (χ2v) is 8.93. The topological polar surface area (TPSA) is 65.2 Å². The molecule has 5 nitrogen and oxygen atoms in total. The van der Waals surface area contributed by atoms with Crippen molar-refractivity contribution in [2.45, 2.75) is 40.0 Å². The summed E-state index contributed by atoms with van der Waals surface area (Å²) in [6.45, 7) is 6.75. The molecule has 0 saturated heterocycles. The van der Waals surface area contributed by atoms with Crippen LogP contribution in [0.3, 0.4) is 0 Å². The molecule has 28 heavy (non-hydrogen) atoms. The Bertz CT molecular complexity index is 1020. The van der Waals surface area contributed by atoms with Crippen molar-refractivity contribution in [3.8, 4) is 0 Å². The fraction of sp³-hybridized carbons (Fsp3) is 0.391. The lowest BCUT2D eigenvalue weighted by Gasteiger charge is -2.29. The smallest absolute Gasteiger partial charge is 0.256 e. The van der Waals surface area contributed by atoms with Gasteiger partial charge in [-0.25, -0.2) is 0 Å². The first kappa shape index (κ1) is 18.5. The maximum absolute atomic E-state index is 12.6. The van der Waals surface area contributed by atoms with Crippen molar-refractivity contribution < 1.29 is 9.59 Å². The number of rotatable bonds is 2. The largest absolute Gasteiger partial charge is 0.358 e. The van der Waals surface area contributed by atoms with Crippen molar-refractivity contribution in [2.24, 2.45) is 5.41 Å². The van der Waals surface area contributed by atoms with Crippen LogP contribution < -0.4 is 5.32 Å². The normalized spacial score (nSPS) is 18.6. The molecule has 2 N–H and O–H groups in total. The number of fused-ring (bicyclic) bond motifs is 2. The highest BCUT2D eigenvalue weighted by molar-refractivity contribution is 6.35. The molecule has 0 saturated carbocycles. The quantitative estimate of drug-likeness (QED) is 0.776. The van der Waals surface area contributed by atoms with E-state index in [9.17, 15) is 9.59 Å². The highest BCUT2D eigenvalue weighted by Gasteiger charge is 2.30. The van der Waals surface area contributed by atoms with E-state index in [1.54, 1.807) is 31.1 Å². The third-order valence-corrected chi connectivity index (χ3v) is 5.96. The number of anilines is 1. The molecule has 0 atom stereocenters. The van der Waals surface area contributed by atoms with Gasteiger partial charge in [0.05, 0.1) is 5.57 Å². The molecule has 0 radical (unpaired) electrons. The van der Waals surface area contributed by atoms with E-state index in [4.69, 9.17) is 0 Å². The molecule has 0 fully saturated rings. The highest BCUT2D eigenvalue weighted by Crippen LogP contribution is 2.39. The van der Waals surface area contributed by atoms with Crippen LogP contribution in [0.15, 0.2) is 18.2 Å². The third-order valence-electron chi connectivity index (χ3n) is 5.96. The predicted molar refractivity (Wildman–Crippen MR) is 112 cm³/mol. The van der Waals surface area contributed by atoms with Gasteiger partial charge in [0.2, 0.25) is 0 Å². The Balaban J connectivity index is 1.77. The monoisotopic (exact) mass is 377 g/mol. The summed E-state index contributed by atoms with van der Waals surface area (Å²) in [6.07, 6.45) is 5.19. The molecular formula is C23H27N3O2. The molecule has 5 heteroatoms. The maximum atomic E-state index is 12.6. The van der Waals surface area contributed by atoms with Crippen molar-refractivity contribution in [1.29, 1.82) is 0 Å². The van der Waals surface area contributed by atoms with Gasteiger partial charge in [0.15, 0.2) is 0 Å². The van der Waals surface area contributed by atoms with Crippen LogP contribution in [0.25, 0.3) is 11.6 Å². The number of aryl methyl sites for hydroxylation is 1. The summed E-state index contributed by atoms with van der Waals surface area (Å²) in [5.74, 6) is -0.202. The molecular weight excluding hydrogens is 350 g/mol. The molecule has 0 bridgehead atoms. The average molecular weight is 377 g/mol. The molecule has 2 aliphatic rings. The number of hydrogen-bond acceptors (Lipinski definition) is 2. The Labute approximate surface area is 165 Å². The van der Waals surface area contributed by atoms with Crippen LogP contribution >= 0.6 is 0 Å². The Morgan fingerprint density at radius 2 is 2.00 bits per heavy atom.